The smallest absolute Gasteiger partial charge is 0.298 e. The van der Waals surface area contributed by atoms with Crippen molar-refractivity contribution in [2.45, 2.75) is 12.6 Å². The second-order valence-corrected chi connectivity index (χ2v) is 5.30. The largest absolute Gasteiger partial charge is 0.453 e. The van der Waals surface area contributed by atoms with Gasteiger partial charge in [-0.3, -0.25) is 9.59 Å². The molecule has 1 unspecified atom stereocenters. The summed E-state index contributed by atoms with van der Waals surface area (Å²) in [7, 11) is 0. The van der Waals surface area contributed by atoms with Crippen LogP contribution in [0.15, 0.2) is 48.5 Å². The summed E-state index contributed by atoms with van der Waals surface area (Å²) in [6.07, 6.45) is 0. The Morgan fingerprint density at radius 2 is 1.82 bits per heavy atom. The van der Waals surface area contributed by atoms with Crippen molar-refractivity contribution in [3.63, 3.8) is 0 Å². The van der Waals surface area contributed by atoms with Crippen molar-refractivity contribution in [2.75, 3.05) is 11.4 Å². The standard InChI is InChI=1S/C17H14N2O3/c1-2-19-13-9-5-4-8-12(13)17(16(19)21)18-15(20)11-7-3-6-10-14(11)22-17/h3-10H,2H2,1H3,(H,18,20). The third-order valence-corrected chi connectivity index (χ3v) is 4.12. The van der Waals surface area contributed by atoms with Gasteiger partial charge < -0.3 is 15.0 Å². The van der Waals surface area contributed by atoms with Crippen molar-refractivity contribution < 1.29 is 14.3 Å². The maximum Gasteiger partial charge on any atom is 0.298 e. The number of nitrogens with one attached hydrogen (secondary N) is 1. The van der Waals surface area contributed by atoms with Gasteiger partial charge in [-0.2, -0.15) is 0 Å². The molecule has 0 aliphatic carbocycles. The lowest BCUT2D eigenvalue weighted by Gasteiger charge is -2.34. The minimum Gasteiger partial charge on any atom is -0.453 e. The van der Waals surface area contributed by atoms with E-state index in [4.69, 9.17) is 4.74 Å². The van der Waals surface area contributed by atoms with Crippen molar-refractivity contribution in [3.05, 3.63) is 59.7 Å². The molecule has 2 aliphatic heterocycles. The lowest BCUT2D eigenvalue weighted by molar-refractivity contribution is -0.136. The third-order valence-electron chi connectivity index (χ3n) is 4.12. The minimum atomic E-state index is -1.46. The Kier molecular flexibility index (Phi) is 2.54. The molecule has 5 nitrogen and oxygen atoms in total. The van der Waals surface area contributed by atoms with Gasteiger partial charge in [0.05, 0.1) is 16.8 Å². The van der Waals surface area contributed by atoms with E-state index in [0.29, 0.717) is 23.4 Å². The van der Waals surface area contributed by atoms with Crippen LogP contribution in [0, 0.1) is 0 Å². The van der Waals surface area contributed by atoms with Crippen LogP contribution in [0.2, 0.25) is 0 Å². The zero-order valence-electron chi connectivity index (χ0n) is 12.0. The highest BCUT2D eigenvalue weighted by atomic mass is 16.5. The van der Waals surface area contributed by atoms with E-state index in [-0.39, 0.29) is 11.8 Å². The Bertz CT molecular complexity index is 802. The van der Waals surface area contributed by atoms with E-state index in [1.807, 2.05) is 31.2 Å². The first-order valence-corrected chi connectivity index (χ1v) is 7.19. The Hall–Kier alpha value is -2.82. The highest BCUT2D eigenvalue weighted by molar-refractivity contribution is 6.11. The molecule has 0 fully saturated rings. The molecule has 1 N–H and O–H groups in total. The number of likely N-dealkylation sites (N-methyl/N-ethyl adjacent to an activating group) is 1. The van der Waals surface area contributed by atoms with E-state index in [2.05, 4.69) is 5.32 Å². The van der Waals surface area contributed by atoms with Gasteiger partial charge in [0.1, 0.15) is 5.75 Å². The molecule has 110 valence electrons. The average molecular weight is 294 g/mol. The van der Waals surface area contributed by atoms with Gasteiger partial charge in [-0.05, 0) is 25.1 Å². The SMILES string of the molecule is CCN1C(=O)C2(NC(=O)c3ccccc3O2)c2ccccc21. The van der Waals surface area contributed by atoms with E-state index in [1.165, 1.54) is 0 Å². The predicted octanol–water partition coefficient (Wildman–Crippen LogP) is 2.03. The first-order valence-electron chi connectivity index (χ1n) is 7.19. The fourth-order valence-electron chi connectivity index (χ4n) is 3.12. The fraction of sp³-hybridized carbons (Fsp3) is 0.176. The van der Waals surface area contributed by atoms with Crippen molar-refractivity contribution in [3.8, 4) is 5.75 Å². The number of para-hydroxylation sites is 2. The zero-order chi connectivity index (χ0) is 15.3. The highest BCUT2D eigenvalue weighted by Gasteiger charge is 2.56. The summed E-state index contributed by atoms with van der Waals surface area (Å²) in [4.78, 5) is 27.0. The quantitative estimate of drug-likeness (QED) is 0.875. The van der Waals surface area contributed by atoms with E-state index >= 15 is 0 Å². The molecular weight excluding hydrogens is 280 g/mol. The molecule has 0 aromatic heterocycles. The molecule has 1 spiro atoms. The van der Waals surface area contributed by atoms with Crippen LogP contribution >= 0.6 is 0 Å². The number of ether oxygens (including phenoxy) is 1. The van der Waals surface area contributed by atoms with E-state index in [1.54, 1.807) is 29.2 Å². The molecule has 2 aliphatic rings. The number of hydrogen-bond acceptors (Lipinski definition) is 3. The number of anilines is 1. The molecule has 0 bridgehead atoms. The molecular formula is C17H14N2O3. The van der Waals surface area contributed by atoms with E-state index < -0.39 is 5.72 Å². The van der Waals surface area contributed by atoms with Crippen LogP contribution in [-0.4, -0.2) is 18.4 Å². The monoisotopic (exact) mass is 294 g/mol. The van der Waals surface area contributed by atoms with Gasteiger partial charge in [0.2, 0.25) is 0 Å². The van der Waals surface area contributed by atoms with Gasteiger partial charge >= 0.3 is 0 Å². The Balaban J connectivity index is 1.93. The topological polar surface area (TPSA) is 58.6 Å². The molecule has 2 aromatic carbocycles. The number of amides is 2. The molecule has 0 saturated heterocycles. The van der Waals surface area contributed by atoms with Gasteiger partial charge in [-0.15, -0.1) is 0 Å². The molecule has 5 heteroatoms. The van der Waals surface area contributed by atoms with Crippen LogP contribution in [0.3, 0.4) is 0 Å². The average Bonchev–Trinajstić information content (AvgIpc) is 2.76. The second kappa shape index (κ2) is 4.34. The molecule has 2 aromatic rings. The number of fused-ring (bicyclic) bond motifs is 3. The number of benzene rings is 2. The van der Waals surface area contributed by atoms with Crippen LogP contribution in [0.25, 0.3) is 0 Å². The number of carbonyl (C=O) groups excluding carboxylic acids is 2. The summed E-state index contributed by atoms with van der Waals surface area (Å²) in [5, 5.41) is 2.77. The maximum atomic E-state index is 12.9. The molecule has 0 saturated carbocycles. The van der Waals surface area contributed by atoms with Crippen LogP contribution < -0.4 is 15.0 Å². The van der Waals surface area contributed by atoms with Gasteiger partial charge in [0.25, 0.3) is 17.5 Å². The molecule has 1 atom stereocenters. The lowest BCUT2D eigenvalue weighted by atomic mass is 10.0. The van der Waals surface area contributed by atoms with E-state index in [0.717, 1.165) is 5.69 Å². The number of nitrogens with zero attached hydrogens (tertiary/aromatic N) is 1. The molecule has 4 rings (SSSR count). The summed E-state index contributed by atoms with van der Waals surface area (Å²) in [6, 6.07) is 14.3. The normalized spacial score (nSPS) is 22.1. The van der Waals surface area contributed by atoms with Crippen LogP contribution in [0.1, 0.15) is 22.8 Å². The lowest BCUT2D eigenvalue weighted by Crippen LogP contribution is -2.59. The van der Waals surface area contributed by atoms with Crippen molar-refractivity contribution >= 4 is 17.5 Å². The summed E-state index contributed by atoms with van der Waals surface area (Å²) in [5.41, 5.74) is 0.422. The summed E-state index contributed by atoms with van der Waals surface area (Å²) < 4.78 is 6.00. The first-order chi connectivity index (χ1) is 10.7. The van der Waals surface area contributed by atoms with Gasteiger partial charge in [0, 0.05) is 6.54 Å². The zero-order valence-corrected chi connectivity index (χ0v) is 12.0. The molecule has 0 radical (unpaired) electrons. The maximum absolute atomic E-state index is 12.9. The Morgan fingerprint density at radius 1 is 1.09 bits per heavy atom. The van der Waals surface area contributed by atoms with Gasteiger partial charge in [0.15, 0.2) is 0 Å². The molecule has 2 amide bonds. The predicted molar refractivity (Wildman–Crippen MR) is 80.7 cm³/mol. The van der Waals surface area contributed by atoms with Crippen LogP contribution in [0.5, 0.6) is 5.75 Å². The summed E-state index contributed by atoms with van der Waals surface area (Å²) >= 11 is 0. The van der Waals surface area contributed by atoms with Crippen molar-refractivity contribution in [1.29, 1.82) is 0 Å². The number of rotatable bonds is 1. The van der Waals surface area contributed by atoms with Crippen LogP contribution in [-0.2, 0) is 10.5 Å². The number of carbonyl (C=O) groups is 2. The molecule has 2 heterocycles. The fourth-order valence-corrected chi connectivity index (χ4v) is 3.12. The minimum absolute atomic E-state index is 0.265. The summed E-state index contributed by atoms with van der Waals surface area (Å²) in [6.45, 7) is 2.41. The highest BCUT2D eigenvalue weighted by Crippen LogP contribution is 2.44. The van der Waals surface area contributed by atoms with E-state index in [9.17, 15) is 9.59 Å². The Morgan fingerprint density at radius 3 is 2.64 bits per heavy atom. The summed E-state index contributed by atoms with van der Waals surface area (Å²) in [5.74, 6) is -0.144. The Labute approximate surface area is 127 Å². The van der Waals surface area contributed by atoms with Crippen LogP contribution in [0.4, 0.5) is 5.69 Å². The molecule has 22 heavy (non-hydrogen) atoms. The van der Waals surface area contributed by atoms with Crippen molar-refractivity contribution in [2.24, 2.45) is 0 Å². The van der Waals surface area contributed by atoms with Gasteiger partial charge in [-0.1, -0.05) is 30.3 Å². The van der Waals surface area contributed by atoms with Crippen molar-refractivity contribution in [1.82, 2.24) is 5.32 Å². The third kappa shape index (κ3) is 1.48. The van der Waals surface area contributed by atoms with Gasteiger partial charge in [-0.25, -0.2) is 0 Å². The number of hydrogen-bond donors (Lipinski definition) is 1. The second-order valence-electron chi connectivity index (χ2n) is 5.30. The first kappa shape index (κ1) is 12.9.